The zero-order chi connectivity index (χ0) is 14.2. The highest BCUT2D eigenvalue weighted by molar-refractivity contribution is 5.67. The summed E-state index contributed by atoms with van der Waals surface area (Å²) in [5.74, 6) is -0.379. The molecule has 19 heavy (non-hydrogen) atoms. The molecule has 0 amide bonds. The molecule has 5 heteroatoms. The molecule has 0 aliphatic heterocycles. The summed E-state index contributed by atoms with van der Waals surface area (Å²) in [5.41, 5.74) is 6.70. The van der Waals surface area contributed by atoms with Gasteiger partial charge in [-0.2, -0.15) is 0 Å². The van der Waals surface area contributed by atoms with Crippen molar-refractivity contribution >= 4 is 11.4 Å². The normalized spacial score (nSPS) is 12.5. The number of halogens is 2. The zero-order valence-electron chi connectivity index (χ0n) is 11.1. The number of nitrogen functional groups attached to an aromatic ring is 1. The Kier molecular flexibility index (Phi) is 3.46. The van der Waals surface area contributed by atoms with Crippen LogP contribution in [0.1, 0.15) is 30.0 Å². The van der Waals surface area contributed by atoms with Crippen molar-refractivity contribution in [2.75, 3.05) is 11.1 Å². The largest absolute Gasteiger partial charge is 0.466 e. The summed E-state index contributed by atoms with van der Waals surface area (Å²) in [6, 6.07) is 3.96. The summed E-state index contributed by atoms with van der Waals surface area (Å²) in [4.78, 5) is 0. The molecule has 2 rings (SSSR count). The average Bonchev–Trinajstić information content (AvgIpc) is 2.69. The minimum atomic E-state index is -0.968. The van der Waals surface area contributed by atoms with Crippen molar-refractivity contribution in [2.45, 2.75) is 26.8 Å². The number of hydrogen-bond acceptors (Lipinski definition) is 3. The fraction of sp³-hybridized carbons (Fsp3) is 0.286. The molecule has 1 aromatic heterocycles. The predicted octanol–water partition coefficient (Wildman–Crippen LogP) is 3.93. The van der Waals surface area contributed by atoms with Gasteiger partial charge in [-0.15, -0.1) is 0 Å². The van der Waals surface area contributed by atoms with Crippen molar-refractivity contribution in [1.82, 2.24) is 0 Å². The number of benzene rings is 1. The van der Waals surface area contributed by atoms with Crippen molar-refractivity contribution in [1.29, 1.82) is 0 Å². The van der Waals surface area contributed by atoms with Crippen LogP contribution in [0.15, 0.2) is 22.6 Å². The van der Waals surface area contributed by atoms with Crippen LogP contribution in [-0.2, 0) is 0 Å². The van der Waals surface area contributed by atoms with E-state index in [-0.39, 0.29) is 17.4 Å². The van der Waals surface area contributed by atoms with Crippen LogP contribution in [0.5, 0.6) is 0 Å². The zero-order valence-corrected chi connectivity index (χ0v) is 11.1. The molecule has 0 saturated carbocycles. The van der Waals surface area contributed by atoms with Gasteiger partial charge >= 0.3 is 0 Å². The molecule has 0 saturated heterocycles. The van der Waals surface area contributed by atoms with E-state index in [1.165, 1.54) is 6.07 Å². The van der Waals surface area contributed by atoms with Gasteiger partial charge in [0, 0.05) is 5.56 Å². The van der Waals surface area contributed by atoms with Gasteiger partial charge in [0.25, 0.3) is 0 Å². The summed E-state index contributed by atoms with van der Waals surface area (Å²) in [7, 11) is 0. The molecule has 1 aromatic carbocycles. The Balaban J connectivity index is 2.31. The van der Waals surface area contributed by atoms with Crippen molar-refractivity contribution in [3.05, 3.63) is 46.9 Å². The molecule has 0 bridgehead atoms. The Morgan fingerprint density at radius 2 is 1.95 bits per heavy atom. The third-order valence-electron chi connectivity index (χ3n) is 3.03. The lowest BCUT2D eigenvalue weighted by atomic mass is 10.1. The van der Waals surface area contributed by atoms with Crippen LogP contribution in [0.2, 0.25) is 0 Å². The number of nitrogens with two attached hydrogens (primary N) is 1. The minimum Gasteiger partial charge on any atom is -0.466 e. The average molecular weight is 266 g/mol. The van der Waals surface area contributed by atoms with Crippen molar-refractivity contribution < 1.29 is 13.2 Å². The molecule has 1 atom stereocenters. The monoisotopic (exact) mass is 266 g/mol. The first-order chi connectivity index (χ1) is 8.90. The van der Waals surface area contributed by atoms with E-state index in [4.69, 9.17) is 10.2 Å². The Bertz CT molecular complexity index is 608. The maximum Gasteiger partial charge on any atom is 0.183 e. The smallest absolute Gasteiger partial charge is 0.183 e. The predicted molar refractivity (Wildman–Crippen MR) is 71.0 cm³/mol. The van der Waals surface area contributed by atoms with Gasteiger partial charge in [0.1, 0.15) is 11.5 Å². The van der Waals surface area contributed by atoms with Crippen LogP contribution in [-0.4, -0.2) is 0 Å². The van der Waals surface area contributed by atoms with Gasteiger partial charge in [0.15, 0.2) is 11.6 Å². The van der Waals surface area contributed by atoms with E-state index in [0.29, 0.717) is 0 Å². The number of furan rings is 1. The molecule has 0 aliphatic rings. The van der Waals surface area contributed by atoms with E-state index < -0.39 is 11.6 Å². The fourth-order valence-electron chi connectivity index (χ4n) is 2.09. The van der Waals surface area contributed by atoms with Crippen LogP contribution < -0.4 is 11.1 Å². The van der Waals surface area contributed by atoms with Crippen LogP contribution in [0.3, 0.4) is 0 Å². The molecule has 0 radical (unpaired) electrons. The van der Waals surface area contributed by atoms with E-state index in [1.54, 1.807) is 0 Å². The Morgan fingerprint density at radius 1 is 1.26 bits per heavy atom. The first-order valence-electron chi connectivity index (χ1n) is 5.97. The van der Waals surface area contributed by atoms with E-state index in [2.05, 4.69) is 5.32 Å². The highest BCUT2D eigenvalue weighted by atomic mass is 19.2. The molecular formula is C14H16F2N2O. The second-order valence-electron chi connectivity index (χ2n) is 4.56. The topological polar surface area (TPSA) is 51.2 Å². The van der Waals surface area contributed by atoms with Gasteiger partial charge in [-0.25, -0.2) is 8.78 Å². The number of anilines is 2. The van der Waals surface area contributed by atoms with Gasteiger partial charge in [-0.1, -0.05) is 0 Å². The maximum absolute atomic E-state index is 13.7. The standard InChI is InChI=1S/C14H16F2N2O/c1-7-6-10(9(3)19-7)8(2)18-14-12(17)5-4-11(15)13(14)16/h4-6,8,18H,17H2,1-3H3. The summed E-state index contributed by atoms with van der Waals surface area (Å²) < 4.78 is 32.3. The molecule has 0 spiro atoms. The van der Waals surface area contributed by atoms with E-state index in [9.17, 15) is 8.78 Å². The van der Waals surface area contributed by atoms with Crippen LogP contribution in [0, 0.1) is 25.5 Å². The summed E-state index contributed by atoms with van der Waals surface area (Å²) in [5, 5.41) is 2.89. The summed E-state index contributed by atoms with van der Waals surface area (Å²) in [6.45, 7) is 5.49. The Labute approximate surface area is 110 Å². The molecule has 0 fully saturated rings. The van der Waals surface area contributed by atoms with Gasteiger partial charge in [-0.3, -0.25) is 0 Å². The molecule has 102 valence electrons. The lowest BCUT2D eigenvalue weighted by Gasteiger charge is -2.17. The van der Waals surface area contributed by atoms with Crippen molar-refractivity contribution in [2.24, 2.45) is 0 Å². The molecule has 1 heterocycles. The first-order valence-corrected chi connectivity index (χ1v) is 5.97. The number of rotatable bonds is 3. The van der Waals surface area contributed by atoms with Gasteiger partial charge < -0.3 is 15.5 Å². The van der Waals surface area contributed by atoms with Crippen LogP contribution >= 0.6 is 0 Å². The minimum absolute atomic E-state index is 0.0225. The molecule has 2 aromatic rings. The number of nitrogens with one attached hydrogen (secondary N) is 1. The van der Waals surface area contributed by atoms with E-state index >= 15 is 0 Å². The van der Waals surface area contributed by atoms with E-state index in [0.717, 1.165) is 23.2 Å². The molecule has 3 nitrogen and oxygen atoms in total. The Morgan fingerprint density at radius 3 is 2.53 bits per heavy atom. The molecule has 1 unspecified atom stereocenters. The highest BCUT2D eigenvalue weighted by Crippen LogP contribution is 2.30. The maximum atomic E-state index is 13.7. The van der Waals surface area contributed by atoms with Crippen molar-refractivity contribution in [3.8, 4) is 0 Å². The second kappa shape index (κ2) is 4.91. The van der Waals surface area contributed by atoms with Crippen LogP contribution in [0.25, 0.3) is 0 Å². The lowest BCUT2D eigenvalue weighted by Crippen LogP contribution is -2.11. The van der Waals surface area contributed by atoms with E-state index in [1.807, 2.05) is 26.8 Å². The SMILES string of the molecule is Cc1cc(C(C)Nc2c(N)ccc(F)c2F)c(C)o1. The first kappa shape index (κ1) is 13.4. The van der Waals surface area contributed by atoms with Crippen molar-refractivity contribution in [3.63, 3.8) is 0 Å². The third-order valence-corrected chi connectivity index (χ3v) is 3.03. The lowest BCUT2D eigenvalue weighted by molar-refractivity contribution is 0.499. The summed E-state index contributed by atoms with van der Waals surface area (Å²) >= 11 is 0. The van der Waals surface area contributed by atoms with Gasteiger partial charge in [-0.05, 0) is 39.0 Å². The third kappa shape index (κ3) is 2.54. The molecule has 0 aliphatic carbocycles. The highest BCUT2D eigenvalue weighted by Gasteiger charge is 2.17. The fourth-order valence-corrected chi connectivity index (χ4v) is 2.09. The molecule has 3 N–H and O–H groups in total. The van der Waals surface area contributed by atoms with Gasteiger partial charge in [0.05, 0.1) is 17.4 Å². The summed E-state index contributed by atoms with van der Waals surface area (Å²) in [6.07, 6.45) is 0. The number of aryl methyl sites for hydroxylation is 2. The second-order valence-corrected chi connectivity index (χ2v) is 4.56. The van der Waals surface area contributed by atoms with Gasteiger partial charge in [0.2, 0.25) is 0 Å². The number of hydrogen-bond donors (Lipinski definition) is 2. The molecular weight excluding hydrogens is 250 g/mol. The quantitative estimate of drug-likeness (QED) is 0.827. The van der Waals surface area contributed by atoms with Crippen LogP contribution in [0.4, 0.5) is 20.2 Å². The Hall–Kier alpha value is -2.04.